The highest BCUT2D eigenvalue weighted by Crippen LogP contribution is 2.22. The Morgan fingerprint density at radius 2 is 1.96 bits per heavy atom. The average molecular weight is 368 g/mol. The summed E-state index contributed by atoms with van der Waals surface area (Å²) in [5, 5.41) is 9.29. The molecule has 4 N–H and O–H groups in total. The first-order valence-corrected chi connectivity index (χ1v) is 8.86. The Balaban J connectivity index is 1.48. The number of aromatic nitrogens is 1. The smallest absolute Gasteiger partial charge is 0.315 e. The van der Waals surface area contributed by atoms with Crippen molar-refractivity contribution in [2.24, 2.45) is 0 Å². The van der Waals surface area contributed by atoms with Crippen LogP contribution in [0, 0.1) is 13.8 Å². The molecule has 0 saturated heterocycles. The molecule has 7 nitrogen and oxygen atoms in total. The Labute approximate surface area is 157 Å². The van der Waals surface area contributed by atoms with Crippen LogP contribution in [0.3, 0.4) is 0 Å². The van der Waals surface area contributed by atoms with Crippen LogP contribution in [-0.4, -0.2) is 23.0 Å². The second kappa shape index (κ2) is 7.99. The lowest BCUT2D eigenvalue weighted by Crippen LogP contribution is -2.48. The molecule has 1 atom stereocenters. The van der Waals surface area contributed by atoms with Crippen LogP contribution < -0.4 is 16.0 Å². The second-order valence-corrected chi connectivity index (χ2v) is 6.60. The number of hydrogen-bond donors (Lipinski definition) is 4. The maximum absolute atomic E-state index is 12.1. The van der Waals surface area contributed by atoms with Gasteiger partial charge in [-0.05, 0) is 56.2 Å². The summed E-state index contributed by atoms with van der Waals surface area (Å²) in [5.41, 5.74) is 4.43. The first-order chi connectivity index (χ1) is 12.9. The van der Waals surface area contributed by atoms with Gasteiger partial charge in [-0.15, -0.1) is 0 Å². The minimum absolute atomic E-state index is 0.276. The maximum Gasteiger partial charge on any atom is 0.315 e. The van der Waals surface area contributed by atoms with Gasteiger partial charge in [-0.2, -0.15) is 0 Å². The minimum Gasteiger partial charge on any atom is -0.467 e. The highest BCUT2D eigenvalue weighted by atomic mass is 16.3. The van der Waals surface area contributed by atoms with Crippen molar-refractivity contribution in [3.05, 3.63) is 59.2 Å². The lowest BCUT2D eigenvalue weighted by atomic mass is 10.1. The van der Waals surface area contributed by atoms with Crippen molar-refractivity contribution in [2.75, 3.05) is 0 Å². The van der Waals surface area contributed by atoms with Crippen molar-refractivity contribution in [2.45, 2.75) is 39.9 Å². The molecule has 3 rings (SSSR count). The van der Waals surface area contributed by atoms with E-state index in [9.17, 15) is 9.59 Å². The summed E-state index contributed by atoms with van der Waals surface area (Å²) in [7, 11) is 0. The van der Waals surface area contributed by atoms with E-state index in [0.29, 0.717) is 12.3 Å². The molecule has 0 spiro atoms. The molecule has 7 heteroatoms. The Morgan fingerprint density at radius 3 is 2.70 bits per heavy atom. The fourth-order valence-corrected chi connectivity index (χ4v) is 2.85. The highest BCUT2D eigenvalue weighted by molar-refractivity contribution is 5.87. The molecule has 0 aliphatic rings. The third-order valence-electron chi connectivity index (χ3n) is 4.58. The van der Waals surface area contributed by atoms with E-state index in [-0.39, 0.29) is 12.5 Å². The molecule has 0 aliphatic carbocycles. The highest BCUT2D eigenvalue weighted by Gasteiger charge is 2.15. The quantitative estimate of drug-likeness (QED) is 0.538. The number of aromatic amines is 1. The third-order valence-corrected chi connectivity index (χ3v) is 4.58. The Kier molecular flexibility index (Phi) is 5.49. The number of fused-ring (bicyclic) bond motifs is 1. The molecule has 2 heterocycles. The molecule has 0 unspecified atom stereocenters. The zero-order valence-corrected chi connectivity index (χ0v) is 15.7. The predicted octanol–water partition coefficient (Wildman–Crippen LogP) is 2.88. The van der Waals surface area contributed by atoms with Gasteiger partial charge in [-0.3, -0.25) is 4.79 Å². The number of aryl methyl sites for hydroxylation is 2. The number of carbonyl (C=O) groups is 2. The van der Waals surface area contributed by atoms with Crippen LogP contribution >= 0.6 is 0 Å². The molecule has 0 fully saturated rings. The fraction of sp³-hybridized carbons (Fsp3) is 0.300. The molecular weight excluding hydrogens is 344 g/mol. The predicted molar refractivity (Wildman–Crippen MR) is 103 cm³/mol. The Morgan fingerprint density at radius 1 is 1.15 bits per heavy atom. The van der Waals surface area contributed by atoms with Crippen molar-refractivity contribution < 1.29 is 14.0 Å². The van der Waals surface area contributed by atoms with Crippen molar-refractivity contribution >= 4 is 22.8 Å². The molecule has 3 aromatic rings. The number of urea groups is 1. The van der Waals surface area contributed by atoms with Gasteiger partial charge in [0.25, 0.3) is 0 Å². The normalized spacial score (nSPS) is 12.0. The van der Waals surface area contributed by atoms with E-state index in [0.717, 1.165) is 22.2 Å². The largest absolute Gasteiger partial charge is 0.467 e. The minimum atomic E-state index is -0.656. The SMILES string of the molecule is Cc1[nH]c2ccc(CNC(=O)N[C@@H](C)C(=O)NCc3ccco3)cc2c1C. The second-order valence-electron chi connectivity index (χ2n) is 6.60. The van der Waals surface area contributed by atoms with E-state index >= 15 is 0 Å². The van der Waals surface area contributed by atoms with Crippen molar-refractivity contribution in [1.82, 2.24) is 20.9 Å². The number of H-pyrrole nitrogens is 1. The van der Waals surface area contributed by atoms with Gasteiger partial charge >= 0.3 is 6.03 Å². The summed E-state index contributed by atoms with van der Waals surface area (Å²) in [4.78, 5) is 27.4. The van der Waals surface area contributed by atoms with Crippen LogP contribution in [0.1, 0.15) is 29.5 Å². The van der Waals surface area contributed by atoms with E-state index in [1.165, 1.54) is 5.56 Å². The van der Waals surface area contributed by atoms with E-state index in [1.807, 2.05) is 19.1 Å². The van der Waals surface area contributed by atoms with E-state index in [1.54, 1.807) is 25.3 Å². The van der Waals surface area contributed by atoms with E-state index in [4.69, 9.17) is 4.42 Å². The summed E-state index contributed by atoms with van der Waals surface area (Å²) in [6.07, 6.45) is 1.55. The van der Waals surface area contributed by atoms with Gasteiger partial charge in [-0.1, -0.05) is 6.07 Å². The summed E-state index contributed by atoms with van der Waals surface area (Å²) < 4.78 is 5.16. The van der Waals surface area contributed by atoms with Gasteiger partial charge in [-0.25, -0.2) is 4.79 Å². The number of furan rings is 1. The number of rotatable bonds is 6. The lowest BCUT2D eigenvalue weighted by Gasteiger charge is -2.14. The van der Waals surface area contributed by atoms with Crippen LogP contribution in [0.2, 0.25) is 0 Å². The summed E-state index contributed by atoms with van der Waals surface area (Å²) in [6.45, 7) is 6.41. The van der Waals surface area contributed by atoms with Crippen LogP contribution in [0.4, 0.5) is 4.79 Å². The molecule has 142 valence electrons. The van der Waals surface area contributed by atoms with Crippen LogP contribution in [-0.2, 0) is 17.9 Å². The van der Waals surface area contributed by atoms with Gasteiger partial charge in [0.15, 0.2) is 0 Å². The van der Waals surface area contributed by atoms with Gasteiger partial charge in [0.2, 0.25) is 5.91 Å². The summed E-state index contributed by atoms with van der Waals surface area (Å²) in [6, 6.07) is 8.52. The van der Waals surface area contributed by atoms with Gasteiger partial charge in [0.05, 0.1) is 12.8 Å². The van der Waals surface area contributed by atoms with Gasteiger partial charge < -0.3 is 25.4 Å². The first-order valence-electron chi connectivity index (χ1n) is 8.86. The summed E-state index contributed by atoms with van der Waals surface area (Å²) >= 11 is 0. The van der Waals surface area contributed by atoms with E-state index < -0.39 is 12.1 Å². The molecule has 0 radical (unpaired) electrons. The zero-order chi connectivity index (χ0) is 19.4. The van der Waals surface area contributed by atoms with Crippen molar-refractivity contribution in [3.63, 3.8) is 0 Å². The number of nitrogens with one attached hydrogen (secondary N) is 4. The van der Waals surface area contributed by atoms with Crippen molar-refractivity contribution in [1.29, 1.82) is 0 Å². The van der Waals surface area contributed by atoms with Gasteiger partial charge in [0.1, 0.15) is 11.8 Å². The molecule has 0 aliphatic heterocycles. The van der Waals surface area contributed by atoms with Crippen LogP contribution in [0.5, 0.6) is 0 Å². The van der Waals surface area contributed by atoms with Gasteiger partial charge in [0, 0.05) is 23.1 Å². The molecule has 27 heavy (non-hydrogen) atoms. The molecular formula is C20H24N4O3. The Hall–Kier alpha value is -3.22. The average Bonchev–Trinajstić information content (AvgIpc) is 3.26. The molecule has 0 saturated carbocycles. The fourth-order valence-electron chi connectivity index (χ4n) is 2.85. The zero-order valence-electron chi connectivity index (χ0n) is 15.7. The summed E-state index contributed by atoms with van der Waals surface area (Å²) in [5.74, 6) is 0.382. The molecule has 3 amide bonds. The molecule has 2 aromatic heterocycles. The Bertz CT molecular complexity index is 944. The van der Waals surface area contributed by atoms with Crippen LogP contribution in [0.25, 0.3) is 10.9 Å². The maximum atomic E-state index is 12.1. The number of hydrogen-bond acceptors (Lipinski definition) is 3. The third kappa shape index (κ3) is 4.49. The van der Waals surface area contributed by atoms with E-state index in [2.05, 4.69) is 33.9 Å². The number of carbonyl (C=O) groups excluding carboxylic acids is 2. The first kappa shape index (κ1) is 18.6. The number of amides is 3. The standard InChI is InChI=1S/C20H24N4O3/c1-12-13(2)23-18-7-6-15(9-17(12)18)10-22-20(26)24-14(3)19(25)21-11-16-5-4-8-27-16/h4-9,14,23H,10-11H2,1-3H3,(H,21,25)(H2,22,24,26)/t14-/m0/s1. The number of benzene rings is 1. The van der Waals surface area contributed by atoms with Crippen LogP contribution in [0.15, 0.2) is 41.0 Å². The van der Waals surface area contributed by atoms with Crippen molar-refractivity contribution in [3.8, 4) is 0 Å². The molecule has 1 aromatic carbocycles. The molecule has 0 bridgehead atoms. The lowest BCUT2D eigenvalue weighted by molar-refractivity contribution is -0.122. The topological polar surface area (TPSA) is 99.2 Å². The monoisotopic (exact) mass is 368 g/mol.